The lowest BCUT2D eigenvalue weighted by atomic mass is 10.1. The SMILES string of the molecule is CNCc1oc(-c2cccc(C)c2)nc1C. The molecule has 1 aromatic heterocycles. The van der Waals surface area contributed by atoms with E-state index in [1.807, 2.05) is 26.1 Å². The van der Waals surface area contributed by atoms with Crippen LogP contribution in [-0.2, 0) is 6.54 Å². The van der Waals surface area contributed by atoms with Crippen LogP contribution in [0.2, 0.25) is 0 Å². The predicted molar refractivity (Wildman–Crippen MR) is 64.2 cm³/mol. The van der Waals surface area contributed by atoms with Crippen LogP contribution in [0.3, 0.4) is 0 Å². The highest BCUT2D eigenvalue weighted by atomic mass is 16.4. The van der Waals surface area contributed by atoms with E-state index in [9.17, 15) is 0 Å². The van der Waals surface area contributed by atoms with Gasteiger partial charge in [-0.3, -0.25) is 0 Å². The normalized spacial score (nSPS) is 10.7. The second-order valence-corrected chi connectivity index (χ2v) is 3.93. The highest BCUT2D eigenvalue weighted by molar-refractivity contribution is 5.54. The summed E-state index contributed by atoms with van der Waals surface area (Å²) in [6.07, 6.45) is 0. The molecule has 0 radical (unpaired) electrons. The fourth-order valence-corrected chi connectivity index (χ4v) is 1.65. The Labute approximate surface area is 95.5 Å². The first-order valence-electron chi connectivity index (χ1n) is 5.38. The average molecular weight is 216 g/mol. The summed E-state index contributed by atoms with van der Waals surface area (Å²) in [6, 6.07) is 8.17. The van der Waals surface area contributed by atoms with Crippen molar-refractivity contribution >= 4 is 0 Å². The van der Waals surface area contributed by atoms with E-state index in [1.54, 1.807) is 0 Å². The molecular formula is C13H16N2O. The molecule has 0 bridgehead atoms. The van der Waals surface area contributed by atoms with Gasteiger partial charge in [0.2, 0.25) is 5.89 Å². The van der Waals surface area contributed by atoms with Crippen molar-refractivity contribution < 1.29 is 4.42 Å². The third kappa shape index (κ3) is 2.14. The molecule has 16 heavy (non-hydrogen) atoms. The van der Waals surface area contributed by atoms with Gasteiger partial charge < -0.3 is 9.73 Å². The molecule has 0 fully saturated rings. The first-order chi connectivity index (χ1) is 7.70. The number of aryl methyl sites for hydroxylation is 2. The van der Waals surface area contributed by atoms with Crippen molar-refractivity contribution in [2.45, 2.75) is 20.4 Å². The third-order valence-electron chi connectivity index (χ3n) is 2.50. The Hall–Kier alpha value is -1.61. The van der Waals surface area contributed by atoms with Crippen molar-refractivity contribution in [2.24, 2.45) is 0 Å². The molecule has 2 aromatic rings. The van der Waals surface area contributed by atoms with Crippen molar-refractivity contribution in [1.82, 2.24) is 10.3 Å². The Morgan fingerprint density at radius 2 is 2.12 bits per heavy atom. The van der Waals surface area contributed by atoms with Crippen LogP contribution in [0.4, 0.5) is 0 Å². The number of nitrogens with one attached hydrogen (secondary N) is 1. The van der Waals surface area contributed by atoms with E-state index < -0.39 is 0 Å². The average Bonchev–Trinajstić information content (AvgIpc) is 2.61. The van der Waals surface area contributed by atoms with Gasteiger partial charge >= 0.3 is 0 Å². The van der Waals surface area contributed by atoms with E-state index >= 15 is 0 Å². The number of nitrogens with zero attached hydrogens (tertiary/aromatic N) is 1. The molecule has 1 aromatic carbocycles. The maximum atomic E-state index is 5.72. The van der Waals surface area contributed by atoms with Gasteiger partial charge in [0.15, 0.2) is 0 Å². The van der Waals surface area contributed by atoms with Crippen molar-refractivity contribution in [3.05, 3.63) is 41.3 Å². The number of oxazole rings is 1. The van der Waals surface area contributed by atoms with Gasteiger partial charge in [0.25, 0.3) is 0 Å². The maximum Gasteiger partial charge on any atom is 0.226 e. The molecule has 0 spiro atoms. The molecule has 2 rings (SSSR count). The second kappa shape index (κ2) is 4.49. The highest BCUT2D eigenvalue weighted by Gasteiger charge is 2.10. The van der Waals surface area contributed by atoms with E-state index in [2.05, 4.69) is 29.4 Å². The molecule has 0 saturated heterocycles. The summed E-state index contributed by atoms with van der Waals surface area (Å²) in [4.78, 5) is 4.43. The Morgan fingerprint density at radius 1 is 1.31 bits per heavy atom. The van der Waals surface area contributed by atoms with E-state index in [0.29, 0.717) is 12.4 Å². The lowest BCUT2D eigenvalue weighted by Gasteiger charge is -1.97. The third-order valence-corrected chi connectivity index (χ3v) is 2.50. The van der Waals surface area contributed by atoms with Crippen LogP contribution in [0.25, 0.3) is 11.5 Å². The zero-order chi connectivity index (χ0) is 11.5. The zero-order valence-electron chi connectivity index (χ0n) is 9.87. The first-order valence-corrected chi connectivity index (χ1v) is 5.38. The molecule has 84 valence electrons. The Bertz CT molecular complexity index is 488. The van der Waals surface area contributed by atoms with Crippen molar-refractivity contribution in [2.75, 3.05) is 7.05 Å². The lowest BCUT2D eigenvalue weighted by Crippen LogP contribution is -2.04. The first kappa shape index (κ1) is 10.9. The minimum absolute atomic E-state index is 0.700. The van der Waals surface area contributed by atoms with Crippen LogP contribution >= 0.6 is 0 Å². The summed E-state index contributed by atoms with van der Waals surface area (Å²) in [5, 5.41) is 3.07. The highest BCUT2D eigenvalue weighted by Crippen LogP contribution is 2.22. The largest absolute Gasteiger partial charge is 0.440 e. The molecule has 1 heterocycles. The number of aromatic nitrogens is 1. The molecular weight excluding hydrogens is 200 g/mol. The van der Waals surface area contributed by atoms with E-state index in [1.165, 1.54) is 5.56 Å². The van der Waals surface area contributed by atoms with Crippen LogP contribution in [0.5, 0.6) is 0 Å². The molecule has 0 aliphatic rings. The lowest BCUT2D eigenvalue weighted by molar-refractivity contribution is 0.501. The van der Waals surface area contributed by atoms with Gasteiger partial charge in [-0.1, -0.05) is 17.7 Å². The molecule has 0 aliphatic heterocycles. The van der Waals surface area contributed by atoms with Crippen LogP contribution in [0, 0.1) is 13.8 Å². The number of benzene rings is 1. The molecule has 3 heteroatoms. The van der Waals surface area contributed by atoms with Gasteiger partial charge in [0, 0.05) is 5.56 Å². The number of hydrogen-bond donors (Lipinski definition) is 1. The second-order valence-electron chi connectivity index (χ2n) is 3.93. The standard InChI is InChI=1S/C13H16N2O/c1-9-5-4-6-11(7-9)13-15-10(2)12(16-13)8-14-3/h4-7,14H,8H2,1-3H3. The molecule has 0 unspecified atom stereocenters. The summed E-state index contributed by atoms with van der Waals surface area (Å²) >= 11 is 0. The van der Waals surface area contributed by atoms with Crippen molar-refractivity contribution in [3.8, 4) is 11.5 Å². The van der Waals surface area contributed by atoms with Crippen LogP contribution in [0.1, 0.15) is 17.0 Å². The Kier molecular flexibility index (Phi) is 3.06. The Morgan fingerprint density at radius 3 is 2.81 bits per heavy atom. The summed E-state index contributed by atoms with van der Waals surface area (Å²) in [5.41, 5.74) is 3.19. The summed E-state index contributed by atoms with van der Waals surface area (Å²) < 4.78 is 5.72. The van der Waals surface area contributed by atoms with Gasteiger partial charge in [-0.25, -0.2) is 4.98 Å². The summed E-state index contributed by atoms with van der Waals surface area (Å²) in [5.74, 6) is 1.60. The molecule has 0 saturated carbocycles. The zero-order valence-corrected chi connectivity index (χ0v) is 9.87. The van der Waals surface area contributed by atoms with Crippen molar-refractivity contribution in [1.29, 1.82) is 0 Å². The van der Waals surface area contributed by atoms with E-state index in [0.717, 1.165) is 17.0 Å². The van der Waals surface area contributed by atoms with E-state index in [4.69, 9.17) is 4.42 Å². The summed E-state index contributed by atoms with van der Waals surface area (Å²) in [6.45, 7) is 4.74. The minimum atomic E-state index is 0.700. The molecule has 0 aliphatic carbocycles. The predicted octanol–water partition coefficient (Wildman–Crippen LogP) is 2.68. The van der Waals surface area contributed by atoms with Crippen LogP contribution < -0.4 is 5.32 Å². The van der Waals surface area contributed by atoms with E-state index in [-0.39, 0.29) is 0 Å². The quantitative estimate of drug-likeness (QED) is 0.857. The molecule has 0 amide bonds. The van der Waals surface area contributed by atoms with Gasteiger partial charge in [-0.15, -0.1) is 0 Å². The molecule has 0 atom stereocenters. The summed E-state index contributed by atoms with van der Waals surface area (Å²) in [7, 11) is 1.90. The van der Waals surface area contributed by atoms with Gasteiger partial charge in [-0.05, 0) is 33.0 Å². The minimum Gasteiger partial charge on any atom is -0.440 e. The van der Waals surface area contributed by atoms with Crippen LogP contribution in [0.15, 0.2) is 28.7 Å². The van der Waals surface area contributed by atoms with Gasteiger partial charge in [0.1, 0.15) is 5.76 Å². The monoisotopic (exact) mass is 216 g/mol. The molecule has 3 nitrogen and oxygen atoms in total. The molecule has 1 N–H and O–H groups in total. The van der Waals surface area contributed by atoms with Crippen molar-refractivity contribution in [3.63, 3.8) is 0 Å². The maximum absolute atomic E-state index is 5.72. The topological polar surface area (TPSA) is 38.1 Å². The number of hydrogen-bond acceptors (Lipinski definition) is 3. The van der Waals surface area contributed by atoms with Crippen LogP contribution in [-0.4, -0.2) is 12.0 Å². The number of rotatable bonds is 3. The van der Waals surface area contributed by atoms with Gasteiger partial charge in [-0.2, -0.15) is 0 Å². The fourth-order valence-electron chi connectivity index (χ4n) is 1.65. The van der Waals surface area contributed by atoms with Gasteiger partial charge in [0.05, 0.1) is 12.2 Å². The Balaban J connectivity index is 2.37. The fraction of sp³-hybridized carbons (Fsp3) is 0.308. The smallest absolute Gasteiger partial charge is 0.226 e.